The fourth-order valence-corrected chi connectivity index (χ4v) is 7.11. The highest BCUT2D eigenvalue weighted by Gasteiger charge is 2.40. The second-order valence-corrected chi connectivity index (χ2v) is 12.6. The number of alkyl halides is 3. The summed E-state index contributed by atoms with van der Waals surface area (Å²) in [5.74, 6) is -0.963. The molecule has 2 N–H and O–H groups in total. The lowest BCUT2D eigenvalue weighted by molar-refractivity contribution is -0.137. The average molecular weight is 580 g/mol. The molecule has 4 rings (SSSR count). The molecule has 11 heteroatoms. The zero-order valence-electron chi connectivity index (χ0n) is 22.5. The number of hydrogen-bond donors (Lipinski definition) is 2. The van der Waals surface area contributed by atoms with E-state index in [2.05, 4.69) is 10.6 Å². The van der Waals surface area contributed by atoms with Crippen molar-refractivity contribution in [3.63, 3.8) is 0 Å². The summed E-state index contributed by atoms with van der Waals surface area (Å²) in [6.07, 6.45) is 1.64. The minimum atomic E-state index is -4.71. The Bertz CT molecular complexity index is 1290. The molecular formula is C29H36F3N3O4S. The number of aryl methyl sites for hydroxylation is 1. The van der Waals surface area contributed by atoms with Crippen LogP contribution in [0.15, 0.2) is 53.4 Å². The Balaban J connectivity index is 1.56. The Morgan fingerprint density at radius 1 is 0.975 bits per heavy atom. The molecule has 1 aliphatic heterocycles. The van der Waals surface area contributed by atoms with Gasteiger partial charge in [0.1, 0.15) is 12.1 Å². The first kappa shape index (κ1) is 30.0. The van der Waals surface area contributed by atoms with Crippen LogP contribution in [0.25, 0.3) is 0 Å². The SMILES string of the molecule is Cc1ccc(CC(NC(=O)[C@@H]2CCCCN2S(=O)(=O)c2cccc(C(F)(F)F)c2)C(=O)NC2CCCCC2)cc1. The maximum atomic E-state index is 13.6. The third-order valence-electron chi connectivity index (χ3n) is 7.67. The third-order valence-corrected chi connectivity index (χ3v) is 9.57. The Morgan fingerprint density at radius 3 is 2.33 bits per heavy atom. The zero-order valence-corrected chi connectivity index (χ0v) is 23.4. The van der Waals surface area contributed by atoms with Gasteiger partial charge in [0.15, 0.2) is 0 Å². The van der Waals surface area contributed by atoms with E-state index in [1.165, 1.54) is 0 Å². The fourth-order valence-electron chi connectivity index (χ4n) is 5.41. The second kappa shape index (κ2) is 12.7. The first-order valence-electron chi connectivity index (χ1n) is 13.8. The summed E-state index contributed by atoms with van der Waals surface area (Å²) in [7, 11) is -4.41. The van der Waals surface area contributed by atoms with Crippen molar-refractivity contribution in [3.8, 4) is 0 Å². The maximum absolute atomic E-state index is 13.6. The Labute approximate surface area is 233 Å². The lowest BCUT2D eigenvalue weighted by atomic mass is 9.94. The predicted octanol–water partition coefficient (Wildman–Crippen LogP) is 4.73. The standard InChI is InChI=1S/C29H36F3N3O4S/c1-20-13-15-21(16-14-20)18-25(27(36)33-23-9-3-2-4-10-23)34-28(37)26-12-5-6-17-35(26)40(38,39)24-11-7-8-22(19-24)29(30,31)32/h7-8,11,13-16,19,23,25-26H,2-6,9-10,12,17-18H2,1H3,(H,33,36)(H,34,37)/t25?,26-/m0/s1. The fraction of sp³-hybridized carbons (Fsp3) is 0.517. The largest absolute Gasteiger partial charge is 0.416 e. The van der Waals surface area contributed by atoms with Gasteiger partial charge in [0, 0.05) is 19.0 Å². The van der Waals surface area contributed by atoms with Crippen LogP contribution < -0.4 is 10.6 Å². The van der Waals surface area contributed by atoms with Crippen LogP contribution >= 0.6 is 0 Å². The van der Waals surface area contributed by atoms with Crippen molar-refractivity contribution in [3.05, 3.63) is 65.2 Å². The Morgan fingerprint density at radius 2 is 1.65 bits per heavy atom. The van der Waals surface area contributed by atoms with E-state index in [1.807, 2.05) is 31.2 Å². The maximum Gasteiger partial charge on any atom is 0.416 e. The summed E-state index contributed by atoms with van der Waals surface area (Å²) in [5.41, 5.74) is 0.810. The summed E-state index contributed by atoms with van der Waals surface area (Å²) < 4.78 is 67.8. The van der Waals surface area contributed by atoms with Crippen LogP contribution in [-0.2, 0) is 32.2 Å². The van der Waals surface area contributed by atoms with Gasteiger partial charge in [-0.2, -0.15) is 17.5 Å². The van der Waals surface area contributed by atoms with E-state index in [-0.39, 0.29) is 31.3 Å². The number of hydrogen-bond acceptors (Lipinski definition) is 4. The molecule has 1 aliphatic carbocycles. The summed E-state index contributed by atoms with van der Waals surface area (Å²) >= 11 is 0. The quantitative estimate of drug-likeness (QED) is 0.473. The molecule has 2 aliphatic rings. The van der Waals surface area contributed by atoms with Crippen molar-refractivity contribution in [1.82, 2.24) is 14.9 Å². The van der Waals surface area contributed by atoms with E-state index in [4.69, 9.17) is 0 Å². The van der Waals surface area contributed by atoms with Gasteiger partial charge in [0.25, 0.3) is 0 Å². The summed E-state index contributed by atoms with van der Waals surface area (Å²) in [6.45, 7) is 1.94. The van der Waals surface area contributed by atoms with Gasteiger partial charge in [0.05, 0.1) is 10.5 Å². The lowest BCUT2D eigenvalue weighted by Gasteiger charge is -2.35. The number of carbonyl (C=O) groups is 2. The van der Waals surface area contributed by atoms with Gasteiger partial charge in [-0.25, -0.2) is 8.42 Å². The lowest BCUT2D eigenvalue weighted by Crippen LogP contribution is -2.57. The van der Waals surface area contributed by atoms with Crippen LogP contribution in [0.5, 0.6) is 0 Å². The molecular weight excluding hydrogens is 543 g/mol. The smallest absolute Gasteiger partial charge is 0.352 e. The number of carbonyl (C=O) groups excluding carboxylic acids is 2. The van der Waals surface area contributed by atoms with E-state index in [9.17, 15) is 31.2 Å². The highest BCUT2D eigenvalue weighted by molar-refractivity contribution is 7.89. The molecule has 40 heavy (non-hydrogen) atoms. The molecule has 2 atom stereocenters. The number of benzene rings is 2. The van der Waals surface area contributed by atoms with Gasteiger partial charge in [-0.05, 0) is 56.4 Å². The van der Waals surface area contributed by atoms with Crippen LogP contribution in [0, 0.1) is 6.92 Å². The average Bonchev–Trinajstić information content (AvgIpc) is 2.94. The highest BCUT2D eigenvalue weighted by Crippen LogP contribution is 2.32. The molecule has 0 radical (unpaired) electrons. The molecule has 0 aromatic heterocycles. The molecule has 7 nitrogen and oxygen atoms in total. The predicted molar refractivity (Wildman–Crippen MR) is 145 cm³/mol. The number of piperidine rings is 1. The third kappa shape index (κ3) is 7.42. The van der Waals surface area contributed by atoms with Gasteiger partial charge in [-0.15, -0.1) is 0 Å². The summed E-state index contributed by atoms with van der Waals surface area (Å²) in [6, 6.07) is 9.08. The minimum absolute atomic E-state index is 0.00638. The first-order valence-corrected chi connectivity index (χ1v) is 15.2. The van der Waals surface area contributed by atoms with Crippen molar-refractivity contribution in [2.24, 2.45) is 0 Å². The molecule has 2 aromatic rings. The topological polar surface area (TPSA) is 95.6 Å². The molecule has 2 fully saturated rings. The van der Waals surface area contributed by atoms with Crippen molar-refractivity contribution in [1.29, 1.82) is 0 Å². The Kier molecular flexibility index (Phi) is 9.56. The van der Waals surface area contributed by atoms with Gasteiger partial charge < -0.3 is 10.6 Å². The number of sulfonamides is 1. The molecule has 2 aromatic carbocycles. The van der Waals surface area contributed by atoms with Crippen LogP contribution in [0.3, 0.4) is 0 Å². The number of nitrogens with zero attached hydrogens (tertiary/aromatic N) is 1. The molecule has 2 amide bonds. The summed E-state index contributed by atoms with van der Waals surface area (Å²) in [5, 5.41) is 5.85. The minimum Gasteiger partial charge on any atom is -0.352 e. The van der Waals surface area contributed by atoms with Gasteiger partial charge in [0.2, 0.25) is 21.8 Å². The van der Waals surface area contributed by atoms with Crippen molar-refractivity contribution >= 4 is 21.8 Å². The van der Waals surface area contributed by atoms with E-state index < -0.39 is 44.6 Å². The van der Waals surface area contributed by atoms with E-state index in [1.54, 1.807) is 0 Å². The number of amides is 2. The number of nitrogens with one attached hydrogen (secondary N) is 2. The monoisotopic (exact) mass is 579 g/mol. The molecule has 1 unspecified atom stereocenters. The summed E-state index contributed by atoms with van der Waals surface area (Å²) in [4.78, 5) is 26.4. The van der Waals surface area contributed by atoms with E-state index in [0.717, 1.165) is 65.7 Å². The molecule has 0 spiro atoms. The number of halogens is 3. The van der Waals surface area contributed by atoms with Gasteiger partial charge >= 0.3 is 6.18 Å². The van der Waals surface area contributed by atoms with Crippen LogP contribution in [0.4, 0.5) is 13.2 Å². The first-order chi connectivity index (χ1) is 18.9. The van der Waals surface area contributed by atoms with E-state index >= 15 is 0 Å². The van der Waals surface area contributed by atoms with E-state index in [0.29, 0.717) is 18.9 Å². The molecule has 0 bridgehead atoms. The van der Waals surface area contributed by atoms with Crippen LogP contribution in [-0.4, -0.2) is 49.2 Å². The molecule has 218 valence electrons. The van der Waals surface area contributed by atoms with Gasteiger partial charge in [-0.1, -0.05) is 61.6 Å². The van der Waals surface area contributed by atoms with Crippen molar-refractivity contribution < 1.29 is 31.2 Å². The van der Waals surface area contributed by atoms with Crippen LogP contribution in [0.1, 0.15) is 68.1 Å². The van der Waals surface area contributed by atoms with Crippen molar-refractivity contribution in [2.45, 2.75) is 93.9 Å². The highest BCUT2D eigenvalue weighted by atomic mass is 32.2. The number of rotatable bonds is 8. The van der Waals surface area contributed by atoms with Crippen molar-refractivity contribution in [2.75, 3.05) is 6.54 Å². The molecule has 1 heterocycles. The zero-order chi connectivity index (χ0) is 28.9. The molecule has 1 saturated heterocycles. The second-order valence-electron chi connectivity index (χ2n) is 10.7. The van der Waals surface area contributed by atoms with Crippen LogP contribution in [0.2, 0.25) is 0 Å². The Hall–Kier alpha value is -2.92. The van der Waals surface area contributed by atoms with Gasteiger partial charge in [-0.3, -0.25) is 9.59 Å². The molecule has 1 saturated carbocycles. The normalized spacial score (nSPS) is 20.1.